The fraction of sp³-hybridized carbons (Fsp3) is 0.643. The monoisotopic (exact) mass is 236 g/mol. The van der Waals surface area contributed by atoms with Gasteiger partial charge in [-0.2, -0.15) is 0 Å². The molecule has 0 aliphatic carbocycles. The van der Waals surface area contributed by atoms with Crippen LogP contribution in [0.15, 0.2) is 12.3 Å². The van der Waals surface area contributed by atoms with Gasteiger partial charge < -0.3 is 0 Å². The first kappa shape index (κ1) is 13.4. The Morgan fingerprint density at radius 1 is 1.12 bits per heavy atom. The minimum Gasteiger partial charge on any atom is -0.205 e. The zero-order chi connectivity index (χ0) is 12.7. The van der Waals surface area contributed by atoms with Crippen molar-refractivity contribution >= 4 is 13.3 Å². The van der Waals surface area contributed by atoms with Gasteiger partial charge >= 0.3 is 0 Å². The third-order valence-corrected chi connectivity index (χ3v) is 5.20. The van der Waals surface area contributed by atoms with Crippen LogP contribution < -0.4 is 9.75 Å². The summed E-state index contributed by atoms with van der Waals surface area (Å²) >= 11 is 0. The molecule has 1 rings (SSSR count). The average molecular weight is 236 g/mol. The van der Waals surface area contributed by atoms with Crippen LogP contribution in [0.3, 0.4) is 0 Å². The topological polar surface area (TPSA) is 3.88 Å². The van der Waals surface area contributed by atoms with Crippen LogP contribution in [0.25, 0.3) is 0 Å². The maximum Gasteiger partial charge on any atom is 0.186 e. The largest absolute Gasteiger partial charge is 0.205 e. The first-order valence-electron chi connectivity index (χ1n) is 6.05. The molecular weight excluding hydrogens is 210 g/mol. The van der Waals surface area contributed by atoms with E-state index in [4.69, 9.17) is 0 Å². The lowest BCUT2D eigenvalue weighted by molar-refractivity contribution is -0.681. The molecule has 0 radical (unpaired) electrons. The number of hydrogen-bond donors (Lipinski definition) is 0. The molecule has 1 nitrogen and oxygen atoms in total. The second-order valence-electron chi connectivity index (χ2n) is 6.87. The lowest BCUT2D eigenvalue weighted by Crippen LogP contribution is -2.49. The second-order valence-corrected chi connectivity index (χ2v) is 11.9. The van der Waals surface area contributed by atoms with E-state index in [1.807, 2.05) is 0 Å². The number of hydrogen-bond acceptors (Lipinski definition) is 0. The van der Waals surface area contributed by atoms with Gasteiger partial charge in [-0.25, -0.2) is 4.57 Å². The fourth-order valence-electron chi connectivity index (χ4n) is 2.28. The Morgan fingerprint density at radius 3 is 2.00 bits per heavy atom. The van der Waals surface area contributed by atoms with Crippen LogP contribution in [0.4, 0.5) is 0 Å². The smallest absolute Gasteiger partial charge is 0.186 e. The van der Waals surface area contributed by atoms with E-state index >= 15 is 0 Å². The summed E-state index contributed by atoms with van der Waals surface area (Å²) in [5.74, 6) is 0. The van der Waals surface area contributed by atoms with Crippen molar-refractivity contribution in [2.45, 2.75) is 52.8 Å². The van der Waals surface area contributed by atoms with Gasteiger partial charge in [0.05, 0.1) is 8.07 Å². The van der Waals surface area contributed by atoms with E-state index in [-0.39, 0.29) is 5.41 Å². The first-order valence-corrected chi connectivity index (χ1v) is 9.55. The number of aromatic nitrogens is 1. The summed E-state index contributed by atoms with van der Waals surface area (Å²) in [7, 11) is 0.958. The predicted molar refractivity (Wildman–Crippen MR) is 74.0 cm³/mol. The normalized spacial score (nSPS) is 13.0. The average Bonchev–Trinajstić information content (AvgIpc) is 2.04. The molecule has 0 unspecified atom stereocenters. The van der Waals surface area contributed by atoms with Crippen LogP contribution in [0.1, 0.15) is 32.0 Å². The molecule has 0 N–H and O–H groups in total. The van der Waals surface area contributed by atoms with E-state index in [0.29, 0.717) is 0 Å². The Balaban J connectivity index is 3.40. The molecule has 0 amide bonds. The van der Waals surface area contributed by atoms with Gasteiger partial charge in [0.1, 0.15) is 7.05 Å². The van der Waals surface area contributed by atoms with Gasteiger partial charge in [0.25, 0.3) is 0 Å². The highest BCUT2D eigenvalue weighted by Crippen LogP contribution is 2.19. The summed E-state index contributed by atoms with van der Waals surface area (Å²) in [6, 6.07) is 2.37. The van der Waals surface area contributed by atoms with Gasteiger partial charge in [-0.15, -0.1) is 0 Å². The van der Waals surface area contributed by atoms with Crippen molar-refractivity contribution in [2.75, 3.05) is 0 Å². The number of aryl methyl sites for hydroxylation is 2. The summed E-state index contributed by atoms with van der Waals surface area (Å²) in [4.78, 5) is 0. The molecule has 0 bridgehead atoms. The molecule has 0 fully saturated rings. The Labute approximate surface area is 102 Å². The molecule has 1 aromatic heterocycles. The van der Waals surface area contributed by atoms with Crippen molar-refractivity contribution in [3.63, 3.8) is 0 Å². The molecule has 1 heterocycles. The van der Waals surface area contributed by atoms with Crippen LogP contribution in [-0.2, 0) is 12.5 Å². The maximum atomic E-state index is 2.41. The van der Waals surface area contributed by atoms with Crippen LogP contribution in [-0.4, -0.2) is 8.07 Å². The Morgan fingerprint density at radius 2 is 1.62 bits per heavy atom. The molecule has 2 heteroatoms. The molecule has 1 aromatic rings. The molecule has 0 atom stereocenters. The van der Waals surface area contributed by atoms with E-state index in [1.165, 1.54) is 11.3 Å². The SMILES string of the molecule is Cc1cc(C(C)(C)C)[n+](C)cc1[Si](C)(C)C. The first-order chi connectivity index (χ1) is 7.03. The number of pyridine rings is 1. The fourth-order valence-corrected chi connectivity index (χ4v) is 4.12. The van der Waals surface area contributed by atoms with Crippen molar-refractivity contribution in [3.05, 3.63) is 23.5 Å². The molecule has 0 aliphatic rings. The Bertz CT molecular complexity index is 355. The number of rotatable bonds is 1. The van der Waals surface area contributed by atoms with Gasteiger partial charge in [-0.1, -0.05) is 40.4 Å². The maximum absolute atomic E-state index is 2.41. The van der Waals surface area contributed by atoms with Crippen LogP contribution in [0.2, 0.25) is 19.6 Å². The zero-order valence-corrected chi connectivity index (χ0v) is 13.1. The highest BCUT2D eigenvalue weighted by Gasteiger charge is 2.28. The van der Waals surface area contributed by atoms with E-state index < -0.39 is 8.07 Å². The van der Waals surface area contributed by atoms with E-state index in [9.17, 15) is 0 Å². The van der Waals surface area contributed by atoms with Crippen LogP contribution in [0.5, 0.6) is 0 Å². The summed E-state index contributed by atoms with van der Waals surface area (Å²) in [6.07, 6.45) is 2.35. The minimum atomic E-state index is -1.21. The summed E-state index contributed by atoms with van der Waals surface area (Å²) in [6.45, 7) is 16.3. The standard InChI is InChI=1S/C14H26NSi/c1-11-9-13(14(2,3)4)15(5)10-12(11)16(6,7)8/h9-10H,1-8H3/q+1. The van der Waals surface area contributed by atoms with Gasteiger partial charge in [0, 0.05) is 16.7 Å². The third kappa shape index (κ3) is 2.73. The summed E-state index contributed by atoms with van der Waals surface area (Å²) in [5.41, 5.74) is 3.09. The molecule has 0 saturated heterocycles. The molecule has 0 spiro atoms. The van der Waals surface area contributed by atoms with Crippen molar-refractivity contribution in [3.8, 4) is 0 Å². The van der Waals surface area contributed by atoms with Crippen molar-refractivity contribution in [2.24, 2.45) is 7.05 Å². The Kier molecular flexibility index (Phi) is 3.35. The van der Waals surface area contributed by atoms with Crippen LogP contribution >= 0.6 is 0 Å². The summed E-state index contributed by atoms with van der Waals surface area (Å²) < 4.78 is 2.31. The van der Waals surface area contributed by atoms with Gasteiger partial charge in [0.2, 0.25) is 0 Å². The third-order valence-electron chi connectivity index (χ3n) is 3.06. The molecule has 16 heavy (non-hydrogen) atoms. The van der Waals surface area contributed by atoms with E-state index in [1.54, 1.807) is 5.19 Å². The number of nitrogens with zero attached hydrogens (tertiary/aromatic N) is 1. The highest BCUT2D eigenvalue weighted by atomic mass is 28.3. The van der Waals surface area contributed by atoms with E-state index in [2.05, 4.69) is 71.2 Å². The van der Waals surface area contributed by atoms with Crippen molar-refractivity contribution < 1.29 is 4.57 Å². The van der Waals surface area contributed by atoms with Crippen molar-refractivity contribution in [1.29, 1.82) is 0 Å². The van der Waals surface area contributed by atoms with Crippen molar-refractivity contribution in [1.82, 2.24) is 0 Å². The highest BCUT2D eigenvalue weighted by molar-refractivity contribution is 6.88. The lowest BCUT2D eigenvalue weighted by Gasteiger charge is -2.21. The molecule has 90 valence electrons. The predicted octanol–water partition coefficient (Wildman–Crippen LogP) is 2.66. The molecule has 0 aromatic carbocycles. The van der Waals surface area contributed by atoms with Gasteiger partial charge in [0.15, 0.2) is 11.9 Å². The van der Waals surface area contributed by atoms with Crippen LogP contribution in [0, 0.1) is 6.92 Å². The van der Waals surface area contributed by atoms with E-state index in [0.717, 1.165) is 0 Å². The minimum absolute atomic E-state index is 0.220. The second kappa shape index (κ2) is 3.99. The van der Waals surface area contributed by atoms with Gasteiger partial charge in [-0.05, 0) is 12.5 Å². The quantitative estimate of drug-likeness (QED) is 0.521. The molecule has 0 aliphatic heterocycles. The Hall–Kier alpha value is -0.633. The lowest BCUT2D eigenvalue weighted by atomic mass is 9.90. The molecular formula is C14H26NSi+. The zero-order valence-electron chi connectivity index (χ0n) is 12.1. The van der Waals surface area contributed by atoms with Gasteiger partial charge in [-0.3, -0.25) is 0 Å². The summed E-state index contributed by atoms with van der Waals surface area (Å²) in [5, 5.41) is 1.57. The molecule has 0 saturated carbocycles.